The zero-order valence-corrected chi connectivity index (χ0v) is 14.0. The van der Waals surface area contributed by atoms with E-state index in [0.29, 0.717) is 5.92 Å². The van der Waals surface area contributed by atoms with Crippen LogP contribution in [0.4, 0.5) is 5.69 Å². The third kappa shape index (κ3) is 4.64. The Morgan fingerprint density at radius 2 is 2.00 bits per heavy atom. The molecular weight excluding hydrogens is 302 g/mol. The van der Waals surface area contributed by atoms with Crippen LogP contribution in [-0.2, 0) is 4.79 Å². The van der Waals surface area contributed by atoms with E-state index in [9.17, 15) is 4.79 Å². The predicted octanol–water partition coefficient (Wildman–Crippen LogP) is 5.12. The molecule has 19 heavy (non-hydrogen) atoms. The van der Waals surface area contributed by atoms with Crippen LogP contribution in [0.25, 0.3) is 0 Å². The minimum atomic E-state index is 0.125. The fourth-order valence-corrected chi connectivity index (χ4v) is 2.58. The summed E-state index contributed by atoms with van der Waals surface area (Å²) in [7, 11) is 0. The topological polar surface area (TPSA) is 20.3 Å². The third-order valence-corrected chi connectivity index (χ3v) is 3.76. The lowest BCUT2D eigenvalue weighted by Crippen LogP contribution is -2.30. The highest BCUT2D eigenvalue weighted by Gasteiger charge is 2.16. The van der Waals surface area contributed by atoms with E-state index in [1.54, 1.807) is 6.92 Å². The van der Waals surface area contributed by atoms with E-state index in [1.807, 2.05) is 17.0 Å². The number of unbranched alkanes of at least 4 members (excludes halogenated alkanes) is 2. The molecule has 1 aromatic rings. The highest BCUT2D eigenvalue weighted by Crippen LogP contribution is 2.31. The first-order valence-corrected chi connectivity index (χ1v) is 7.84. The Kier molecular flexibility index (Phi) is 6.56. The smallest absolute Gasteiger partial charge is 0.223 e. The summed E-state index contributed by atoms with van der Waals surface area (Å²) < 4.78 is 1.07. The molecular formula is C16H24BrNO. The zero-order chi connectivity index (χ0) is 14.4. The number of hydrogen-bond donors (Lipinski definition) is 0. The molecule has 0 heterocycles. The second-order valence-electron chi connectivity index (χ2n) is 5.24. The van der Waals surface area contributed by atoms with E-state index in [2.05, 4.69) is 42.8 Å². The second kappa shape index (κ2) is 7.68. The van der Waals surface area contributed by atoms with Gasteiger partial charge in [0.15, 0.2) is 0 Å². The molecule has 0 aliphatic carbocycles. The van der Waals surface area contributed by atoms with Crippen LogP contribution >= 0.6 is 15.9 Å². The number of nitrogens with zero attached hydrogens (tertiary/aromatic N) is 1. The number of rotatable bonds is 6. The lowest BCUT2D eigenvalue weighted by molar-refractivity contribution is -0.116. The maximum absolute atomic E-state index is 11.9. The Balaban J connectivity index is 3.04. The molecule has 0 bridgehead atoms. The summed E-state index contributed by atoms with van der Waals surface area (Å²) in [6.45, 7) is 8.96. The van der Waals surface area contributed by atoms with E-state index >= 15 is 0 Å². The molecule has 2 nitrogen and oxygen atoms in total. The van der Waals surface area contributed by atoms with Crippen molar-refractivity contribution in [2.45, 2.75) is 52.9 Å². The van der Waals surface area contributed by atoms with Gasteiger partial charge in [-0.2, -0.15) is 0 Å². The first-order chi connectivity index (χ1) is 8.97. The van der Waals surface area contributed by atoms with E-state index in [-0.39, 0.29) is 5.91 Å². The molecule has 0 spiro atoms. The van der Waals surface area contributed by atoms with E-state index in [4.69, 9.17) is 0 Å². The molecule has 1 aromatic carbocycles. The van der Waals surface area contributed by atoms with Gasteiger partial charge in [-0.15, -0.1) is 0 Å². The van der Waals surface area contributed by atoms with Gasteiger partial charge in [0.1, 0.15) is 0 Å². The molecule has 1 amide bonds. The molecule has 0 saturated carbocycles. The molecule has 0 atom stereocenters. The number of anilines is 1. The monoisotopic (exact) mass is 325 g/mol. The average Bonchev–Trinajstić information content (AvgIpc) is 2.35. The fourth-order valence-electron chi connectivity index (χ4n) is 2.20. The van der Waals surface area contributed by atoms with Crippen molar-refractivity contribution in [3.8, 4) is 0 Å². The first-order valence-electron chi connectivity index (χ1n) is 7.05. The normalized spacial score (nSPS) is 10.8. The highest BCUT2D eigenvalue weighted by molar-refractivity contribution is 9.10. The average molecular weight is 326 g/mol. The van der Waals surface area contributed by atoms with Crippen molar-refractivity contribution in [3.63, 3.8) is 0 Å². The minimum absolute atomic E-state index is 0.125. The van der Waals surface area contributed by atoms with Crippen LogP contribution in [0.2, 0.25) is 0 Å². The summed E-state index contributed by atoms with van der Waals surface area (Å²) in [4.78, 5) is 13.8. The van der Waals surface area contributed by atoms with Crippen LogP contribution in [0.1, 0.15) is 58.4 Å². The van der Waals surface area contributed by atoms with Crippen LogP contribution in [-0.4, -0.2) is 12.5 Å². The predicted molar refractivity (Wildman–Crippen MR) is 85.8 cm³/mol. The molecule has 0 N–H and O–H groups in total. The molecule has 0 radical (unpaired) electrons. The van der Waals surface area contributed by atoms with Gasteiger partial charge in [0.25, 0.3) is 0 Å². The van der Waals surface area contributed by atoms with Gasteiger partial charge >= 0.3 is 0 Å². The van der Waals surface area contributed by atoms with Gasteiger partial charge in [0, 0.05) is 23.6 Å². The number of carbonyl (C=O) groups is 1. The summed E-state index contributed by atoms with van der Waals surface area (Å²) in [6.07, 6.45) is 3.39. The van der Waals surface area contributed by atoms with Gasteiger partial charge in [-0.05, 0) is 36.1 Å². The first kappa shape index (κ1) is 16.2. The Morgan fingerprint density at radius 3 is 2.53 bits per heavy atom. The van der Waals surface area contributed by atoms with Gasteiger partial charge in [0.05, 0.1) is 0 Å². The molecule has 0 saturated heterocycles. The van der Waals surface area contributed by atoms with Gasteiger partial charge in [0.2, 0.25) is 5.91 Å². The standard InChI is InChI=1S/C16H24BrNO/c1-5-6-7-10-18(13(4)19)16-9-8-14(17)11-15(16)12(2)3/h8-9,11-12H,5-7,10H2,1-4H3. The Morgan fingerprint density at radius 1 is 1.32 bits per heavy atom. The molecule has 1 rings (SSSR count). The third-order valence-electron chi connectivity index (χ3n) is 3.27. The summed E-state index contributed by atoms with van der Waals surface area (Å²) in [5, 5.41) is 0. The van der Waals surface area contributed by atoms with Gasteiger partial charge in [-0.3, -0.25) is 4.79 Å². The molecule has 0 aliphatic rings. The van der Waals surface area contributed by atoms with E-state index in [0.717, 1.165) is 29.5 Å². The van der Waals surface area contributed by atoms with Gasteiger partial charge in [-0.25, -0.2) is 0 Å². The van der Waals surface area contributed by atoms with Gasteiger partial charge in [-0.1, -0.05) is 49.5 Å². The van der Waals surface area contributed by atoms with Crippen molar-refractivity contribution in [2.24, 2.45) is 0 Å². The Labute approximate surface area is 125 Å². The molecule has 106 valence electrons. The molecule has 0 fully saturated rings. The van der Waals surface area contributed by atoms with Crippen LogP contribution in [0.3, 0.4) is 0 Å². The molecule has 3 heteroatoms. The quantitative estimate of drug-likeness (QED) is 0.665. The molecule has 0 aliphatic heterocycles. The Bertz CT molecular complexity index is 429. The van der Waals surface area contributed by atoms with Crippen LogP contribution < -0.4 is 4.90 Å². The summed E-state index contributed by atoms with van der Waals surface area (Å²) in [5.74, 6) is 0.529. The molecule has 0 unspecified atom stereocenters. The zero-order valence-electron chi connectivity index (χ0n) is 12.4. The SMILES string of the molecule is CCCCCN(C(C)=O)c1ccc(Br)cc1C(C)C. The largest absolute Gasteiger partial charge is 0.312 e. The van der Waals surface area contributed by atoms with Crippen molar-refractivity contribution in [1.29, 1.82) is 0 Å². The van der Waals surface area contributed by atoms with Crippen molar-refractivity contribution in [2.75, 3.05) is 11.4 Å². The van der Waals surface area contributed by atoms with Crippen molar-refractivity contribution in [1.82, 2.24) is 0 Å². The highest BCUT2D eigenvalue weighted by atomic mass is 79.9. The summed E-state index contributed by atoms with van der Waals surface area (Å²) >= 11 is 3.51. The van der Waals surface area contributed by atoms with E-state index in [1.165, 1.54) is 12.0 Å². The number of amides is 1. The van der Waals surface area contributed by atoms with Crippen molar-refractivity contribution >= 4 is 27.5 Å². The number of hydrogen-bond acceptors (Lipinski definition) is 1. The lowest BCUT2D eigenvalue weighted by Gasteiger charge is -2.25. The maximum Gasteiger partial charge on any atom is 0.223 e. The Hall–Kier alpha value is -0.830. The number of halogens is 1. The van der Waals surface area contributed by atoms with E-state index < -0.39 is 0 Å². The van der Waals surface area contributed by atoms with Gasteiger partial charge < -0.3 is 4.90 Å². The van der Waals surface area contributed by atoms with Crippen molar-refractivity contribution < 1.29 is 4.79 Å². The van der Waals surface area contributed by atoms with Crippen molar-refractivity contribution in [3.05, 3.63) is 28.2 Å². The summed E-state index contributed by atoms with van der Waals surface area (Å²) in [6, 6.07) is 6.18. The maximum atomic E-state index is 11.9. The minimum Gasteiger partial charge on any atom is -0.312 e. The fraction of sp³-hybridized carbons (Fsp3) is 0.562. The van der Waals surface area contributed by atoms with Crippen LogP contribution in [0.15, 0.2) is 22.7 Å². The number of carbonyl (C=O) groups excluding carboxylic acids is 1. The summed E-state index contributed by atoms with van der Waals surface area (Å²) in [5.41, 5.74) is 2.28. The molecule has 0 aromatic heterocycles. The second-order valence-corrected chi connectivity index (χ2v) is 6.15. The number of benzene rings is 1. The van der Waals surface area contributed by atoms with Crippen LogP contribution in [0.5, 0.6) is 0 Å². The lowest BCUT2D eigenvalue weighted by atomic mass is 10.00. The van der Waals surface area contributed by atoms with Crippen LogP contribution in [0, 0.1) is 0 Å².